The lowest BCUT2D eigenvalue weighted by Crippen LogP contribution is -2.38. The summed E-state index contributed by atoms with van der Waals surface area (Å²) in [7, 11) is 1.73. The summed E-state index contributed by atoms with van der Waals surface area (Å²) in [5, 5.41) is 3.75. The smallest absolute Gasteiger partial charge is 0.119 e. The summed E-state index contributed by atoms with van der Waals surface area (Å²) in [4.78, 5) is 2.39. The number of nitrogens with one attached hydrogen (secondary N) is 1. The molecule has 1 unspecified atom stereocenters. The Balaban J connectivity index is 1.61. The second kappa shape index (κ2) is 7.06. The molecule has 4 heteroatoms. The van der Waals surface area contributed by atoms with Crippen LogP contribution >= 0.6 is 0 Å². The van der Waals surface area contributed by atoms with Gasteiger partial charge >= 0.3 is 0 Å². The lowest BCUT2D eigenvalue weighted by atomic mass is 9.87. The van der Waals surface area contributed by atoms with E-state index < -0.39 is 0 Å². The van der Waals surface area contributed by atoms with Gasteiger partial charge in [-0.1, -0.05) is 18.2 Å². The van der Waals surface area contributed by atoms with E-state index in [0.29, 0.717) is 6.04 Å². The molecule has 132 valence electrons. The molecule has 2 aliphatic heterocycles. The predicted molar refractivity (Wildman–Crippen MR) is 101 cm³/mol. The Morgan fingerprint density at radius 3 is 2.56 bits per heavy atom. The lowest BCUT2D eigenvalue weighted by molar-refractivity contribution is 0.122. The highest BCUT2D eigenvalue weighted by Gasteiger charge is 2.25. The van der Waals surface area contributed by atoms with Crippen molar-refractivity contribution < 1.29 is 9.47 Å². The minimum atomic E-state index is 0.239. The molecule has 0 amide bonds. The highest BCUT2D eigenvalue weighted by molar-refractivity contribution is 5.51. The van der Waals surface area contributed by atoms with Crippen LogP contribution in [-0.4, -0.2) is 39.5 Å². The van der Waals surface area contributed by atoms with Crippen molar-refractivity contribution in [2.45, 2.75) is 25.4 Å². The summed E-state index contributed by atoms with van der Waals surface area (Å²) in [6.45, 7) is 5.83. The number of benzene rings is 2. The van der Waals surface area contributed by atoms with Gasteiger partial charge in [-0.05, 0) is 54.3 Å². The first-order valence-electron chi connectivity index (χ1n) is 9.10. The van der Waals surface area contributed by atoms with Crippen LogP contribution < -0.4 is 15.0 Å². The molecule has 2 aliphatic rings. The van der Waals surface area contributed by atoms with E-state index in [0.717, 1.165) is 38.5 Å². The Bertz CT molecular complexity index is 723. The molecule has 2 aromatic carbocycles. The average molecular weight is 338 g/mol. The van der Waals surface area contributed by atoms with Crippen molar-refractivity contribution in [3.8, 4) is 5.75 Å². The van der Waals surface area contributed by atoms with Crippen LogP contribution in [0.5, 0.6) is 5.75 Å². The zero-order chi connectivity index (χ0) is 17.2. The molecule has 1 saturated heterocycles. The zero-order valence-corrected chi connectivity index (χ0v) is 15.0. The number of fused-ring (bicyclic) bond motifs is 1. The van der Waals surface area contributed by atoms with E-state index in [9.17, 15) is 0 Å². The van der Waals surface area contributed by atoms with E-state index in [1.807, 2.05) is 0 Å². The molecule has 0 aromatic heterocycles. The van der Waals surface area contributed by atoms with Crippen molar-refractivity contribution in [3.63, 3.8) is 0 Å². The number of methoxy groups -OCH3 is 1. The molecule has 0 aliphatic carbocycles. The van der Waals surface area contributed by atoms with Gasteiger partial charge in [0, 0.05) is 24.8 Å². The monoisotopic (exact) mass is 338 g/mol. The van der Waals surface area contributed by atoms with Crippen molar-refractivity contribution in [3.05, 3.63) is 59.2 Å². The van der Waals surface area contributed by atoms with Gasteiger partial charge in [0.05, 0.1) is 26.4 Å². The third kappa shape index (κ3) is 3.37. The van der Waals surface area contributed by atoms with E-state index >= 15 is 0 Å². The summed E-state index contributed by atoms with van der Waals surface area (Å²) >= 11 is 0. The predicted octanol–water partition coefficient (Wildman–Crippen LogP) is 3.16. The summed E-state index contributed by atoms with van der Waals surface area (Å²) < 4.78 is 10.9. The first-order valence-corrected chi connectivity index (χ1v) is 9.10. The largest absolute Gasteiger partial charge is 0.497 e. The van der Waals surface area contributed by atoms with Gasteiger partial charge in [0.15, 0.2) is 0 Å². The van der Waals surface area contributed by atoms with Crippen molar-refractivity contribution in [1.29, 1.82) is 0 Å². The van der Waals surface area contributed by atoms with Crippen LogP contribution in [0.25, 0.3) is 0 Å². The highest BCUT2D eigenvalue weighted by atomic mass is 16.5. The maximum absolute atomic E-state index is 5.45. The van der Waals surface area contributed by atoms with Crippen LogP contribution in [-0.2, 0) is 11.2 Å². The number of rotatable bonds is 3. The van der Waals surface area contributed by atoms with Crippen molar-refractivity contribution in [2.75, 3.05) is 38.3 Å². The van der Waals surface area contributed by atoms with Gasteiger partial charge in [-0.2, -0.15) is 0 Å². The molecule has 2 heterocycles. The quantitative estimate of drug-likeness (QED) is 0.932. The fourth-order valence-electron chi connectivity index (χ4n) is 3.91. The maximum Gasteiger partial charge on any atom is 0.119 e. The van der Waals surface area contributed by atoms with E-state index in [1.165, 1.54) is 22.4 Å². The Morgan fingerprint density at radius 1 is 1.08 bits per heavy atom. The molecule has 1 fully saturated rings. The first-order chi connectivity index (χ1) is 12.2. The van der Waals surface area contributed by atoms with Crippen LogP contribution in [0, 0.1) is 0 Å². The van der Waals surface area contributed by atoms with Gasteiger partial charge in [-0.3, -0.25) is 0 Å². The fraction of sp³-hybridized carbons (Fsp3) is 0.429. The lowest BCUT2D eigenvalue weighted by Gasteiger charge is -2.33. The number of hydrogen-bond acceptors (Lipinski definition) is 4. The fourth-order valence-corrected chi connectivity index (χ4v) is 3.91. The average Bonchev–Trinajstić information content (AvgIpc) is 2.67. The molecule has 4 rings (SSSR count). The highest BCUT2D eigenvalue weighted by Crippen LogP contribution is 2.33. The second-order valence-corrected chi connectivity index (χ2v) is 6.96. The normalized spacial score (nSPS) is 23.2. The minimum absolute atomic E-state index is 0.239. The molecule has 4 nitrogen and oxygen atoms in total. The van der Waals surface area contributed by atoms with E-state index in [1.54, 1.807) is 7.11 Å². The van der Waals surface area contributed by atoms with E-state index in [-0.39, 0.29) is 6.04 Å². The van der Waals surface area contributed by atoms with Crippen LogP contribution in [0.1, 0.15) is 29.7 Å². The summed E-state index contributed by atoms with van der Waals surface area (Å²) in [5.74, 6) is 0.939. The second-order valence-electron chi connectivity index (χ2n) is 6.96. The van der Waals surface area contributed by atoms with Gasteiger partial charge in [-0.25, -0.2) is 0 Å². The topological polar surface area (TPSA) is 33.7 Å². The Labute approximate surface area is 149 Å². The molecular formula is C21H26N2O2. The Hall–Kier alpha value is -2.04. The molecule has 0 bridgehead atoms. The van der Waals surface area contributed by atoms with Gasteiger partial charge in [0.25, 0.3) is 0 Å². The molecule has 1 N–H and O–H groups in total. The van der Waals surface area contributed by atoms with Crippen LogP contribution in [0.15, 0.2) is 42.5 Å². The SMILES string of the molecule is COc1ccc2c(c1)C[C@H](C)NC2c1ccc(N2CCOCC2)cc1. The van der Waals surface area contributed by atoms with Gasteiger partial charge < -0.3 is 19.7 Å². The molecule has 2 aromatic rings. The first kappa shape index (κ1) is 16.4. The summed E-state index contributed by atoms with van der Waals surface area (Å²) in [6, 6.07) is 16.1. The molecular weight excluding hydrogens is 312 g/mol. The van der Waals surface area contributed by atoms with E-state index in [2.05, 4.69) is 59.6 Å². The maximum atomic E-state index is 5.45. The molecule has 0 radical (unpaired) electrons. The number of anilines is 1. The van der Waals surface area contributed by atoms with Crippen LogP contribution in [0.3, 0.4) is 0 Å². The van der Waals surface area contributed by atoms with Crippen molar-refractivity contribution >= 4 is 5.69 Å². The number of morpholine rings is 1. The van der Waals surface area contributed by atoms with Gasteiger partial charge in [-0.15, -0.1) is 0 Å². The molecule has 2 atom stereocenters. The summed E-state index contributed by atoms with van der Waals surface area (Å²) in [6.07, 6.45) is 1.04. The third-order valence-electron chi connectivity index (χ3n) is 5.24. The molecule has 25 heavy (non-hydrogen) atoms. The van der Waals surface area contributed by atoms with Crippen LogP contribution in [0.2, 0.25) is 0 Å². The summed E-state index contributed by atoms with van der Waals surface area (Å²) in [5.41, 5.74) is 5.34. The number of hydrogen-bond donors (Lipinski definition) is 1. The number of nitrogens with zero attached hydrogens (tertiary/aromatic N) is 1. The molecule has 0 spiro atoms. The van der Waals surface area contributed by atoms with Gasteiger partial charge in [0.2, 0.25) is 0 Å². The van der Waals surface area contributed by atoms with Crippen molar-refractivity contribution in [2.24, 2.45) is 0 Å². The third-order valence-corrected chi connectivity index (χ3v) is 5.24. The van der Waals surface area contributed by atoms with Crippen molar-refractivity contribution in [1.82, 2.24) is 5.32 Å². The zero-order valence-electron chi connectivity index (χ0n) is 15.0. The Morgan fingerprint density at radius 2 is 1.84 bits per heavy atom. The standard InChI is InChI=1S/C21H26N2O2/c1-15-13-17-14-19(24-2)7-8-20(17)21(22-15)16-3-5-18(6-4-16)23-9-11-25-12-10-23/h3-8,14-15,21-22H,9-13H2,1-2H3/t15-,21?/m0/s1. The van der Waals surface area contributed by atoms with E-state index in [4.69, 9.17) is 9.47 Å². The van der Waals surface area contributed by atoms with Gasteiger partial charge in [0.1, 0.15) is 5.75 Å². The number of ether oxygens (including phenoxy) is 2. The molecule has 0 saturated carbocycles. The Kier molecular flexibility index (Phi) is 4.64. The van der Waals surface area contributed by atoms with Crippen LogP contribution in [0.4, 0.5) is 5.69 Å². The minimum Gasteiger partial charge on any atom is -0.497 e.